The van der Waals surface area contributed by atoms with Gasteiger partial charge in [-0.2, -0.15) is 0 Å². The van der Waals surface area contributed by atoms with Gasteiger partial charge < -0.3 is 10.6 Å². The average molecular weight is 283 g/mol. The second-order valence-corrected chi connectivity index (χ2v) is 5.94. The van der Waals surface area contributed by atoms with Crippen molar-refractivity contribution < 1.29 is 4.79 Å². The number of rotatable bonds is 9. The quantitative estimate of drug-likeness (QED) is 0.637. The summed E-state index contributed by atoms with van der Waals surface area (Å²) < 4.78 is 0. The van der Waals surface area contributed by atoms with E-state index in [0.717, 1.165) is 45.4 Å². The average Bonchev–Trinajstić information content (AvgIpc) is 2.49. The minimum Gasteiger partial charge on any atom is -0.355 e. The molecule has 0 aliphatic carbocycles. The Balaban J connectivity index is 2.20. The van der Waals surface area contributed by atoms with Crippen molar-refractivity contribution in [3.63, 3.8) is 0 Å². The van der Waals surface area contributed by atoms with Gasteiger partial charge in [0, 0.05) is 25.7 Å². The van der Waals surface area contributed by atoms with E-state index in [0.29, 0.717) is 6.04 Å². The largest absolute Gasteiger partial charge is 0.355 e. The van der Waals surface area contributed by atoms with Crippen LogP contribution in [0.1, 0.15) is 59.3 Å². The van der Waals surface area contributed by atoms with Gasteiger partial charge in [0.1, 0.15) is 0 Å². The van der Waals surface area contributed by atoms with Crippen molar-refractivity contribution in [2.45, 2.75) is 71.4 Å². The minimum atomic E-state index is 0.0174. The molecule has 4 heteroatoms. The van der Waals surface area contributed by atoms with Crippen molar-refractivity contribution in [1.29, 1.82) is 0 Å². The Morgan fingerprint density at radius 3 is 2.45 bits per heavy atom. The molecule has 0 aromatic rings. The summed E-state index contributed by atoms with van der Waals surface area (Å²) in [7, 11) is 0. The Hall–Kier alpha value is -0.610. The van der Waals surface area contributed by atoms with E-state index >= 15 is 0 Å². The fourth-order valence-electron chi connectivity index (χ4n) is 2.74. The number of hydrogen-bond donors (Lipinski definition) is 2. The molecular formula is C16H33N3O. The zero-order valence-corrected chi connectivity index (χ0v) is 13.6. The van der Waals surface area contributed by atoms with Crippen LogP contribution in [0.4, 0.5) is 0 Å². The van der Waals surface area contributed by atoms with Gasteiger partial charge in [0.2, 0.25) is 5.91 Å². The van der Waals surface area contributed by atoms with Gasteiger partial charge in [-0.3, -0.25) is 9.69 Å². The third-order valence-corrected chi connectivity index (χ3v) is 4.22. The van der Waals surface area contributed by atoms with Gasteiger partial charge in [-0.15, -0.1) is 0 Å². The van der Waals surface area contributed by atoms with Crippen LogP contribution in [0.5, 0.6) is 0 Å². The molecule has 118 valence electrons. The molecule has 1 fully saturated rings. The standard InChI is InChI=1S/C16H33N3O/c1-4-6-7-11-18-16(20)14(3)19-12-8-15(9-13-19)17-10-5-2/h14-15,17H,4-13H2,1-3H3,(H,18,20). The first-order valence-electron chi connectivity index (χ1n) is 8.44. The molecule has 0 bridgehead atoms. The predicted molar refractivity (Wildman–Crippen MR) is 84.9 cm³/mol. The monoisotopic (exact) mass is 283 g/mol. The molecule has 1 aliphatic heterocycles. The molecule has 1 heterocycles. The number of unbranched alkanes of at least 4 members (excludes halogenated alkanes) is 2. The van der Waals surface area contributed by atoms with E-state index in [1.54, 1.807) is 0 Å². The molecule has 0 aromatic heterocycles. The van der Waals surface area contributed by atoms with Crippen LogP contribution in [0.2, 0.25) is 0 Å². The van der Waals surface area contributed by atoms with E-state index < -0.39 is 0 Å². The molecule has 0 aromatic carbocycles. The normalized spacial score (nSPS) is 18.9. The summed E-state index contributed by atoms with van der Waals surface area (Å²) in [6.07, 6.45) is 7.00. The lowest BCUT2D eigenvalue weighted by Crippen LogP contribution is -2.51. The Morgan fingerprint density at radius 2 is 1.85 bits per heavy atom. The third kappa shape index (κ3) is 6.23. The Morgan fingerprint density at radius 1 is 1.15 bits per heavy atom. The van der Waals surface area contributed by atoms with Gasteiger partial charge in [-0.1, -0.05) is 26.7 Å². The summed E-state index contributed by atoms with van der Waals surface area (Å²) in [6.45, 7) is 10.4. The first-order chi connectivity index (χ1) is 9.69. The molecular weight excluding hydrogens is 250 g/mol. The highest BCUT2D eigenvalue weighted by Crippen LogP contribution is 2.13. The fourth-order valence-corrected chi connectivity index (χ4v) is 2.74. The number of nitrogens with zero attached hydrogens (tertiary/aromatic N) is 1. The van der Waals surface area contributed by atoms with Crippen LogP contribution in [-0.4, -0.2) is 49.1 Å². The lowest BCUT2D eigenvalue weighted by molar-refractivity contribution is -0.126. The number of amides is 1. The van der Waals surface area contributed by atoms with Gasteiger partial charge in [-0.25, -0.2) is 0 Å². The van der Waals surface area contributed by atoms with Crippen LogP contribution >= 0.6 is 0 Å². The molecule has 1 saturated heterocycles. The number of carbonyl (C=O) groups excluding carboxylic acids is 1. The summed E-state index contributed by atoms with van der Waals surface area (Å²) in [5, 5.41) is 6.64. The molecule has 1 aliphatic rings. The Kier molecular flexibility index (Phi) is 8.86. The second-order valence-electron chi connectivity index (χ2n) is 5.94. The molecule has 1 amide bonds. The lowest BCUT2D eigenvalue weighted by Gasteiger charge is -2.35. The fraction of sp³-hybridized carbons (Fsp3) is 0.938. The van der Waals surface area contributed by atoms with Gasteiger partial charge in [0.15, 0.2) is 0 Å². The van der Waals surface area contributed by atoms with E-state index in [9.17, 15) is 4.79 Å². The highest BCUT2D eigenvalue weighted by molar-refractivity contribution is 5.81. The van der Waals surface area contributed by atoms with E-state index in [2.05, 4.69) is 29.4 Å². The summed E-state index contributed by atoms with van der Waals surface area (Å²) in [6, 6.07) is 0.662. The summed E-state index contributed by atoms with van der Waals surface area (Å²) in [4.78, 5) is 14.4. The van der Waals surface area contributed by atoms with Gasteiger partial charge in [0.05, 0.1) is 6.04 Å². The number of likely N-dealkylation sites (tertiary alicyclic amines) is 1. The molecule has 1 unspecified atom stereocenters. The first kappa shape index (κ1) is 17.4. The zero-order valence-electron chi connectivity index (χ0n) is 13.6. The third-order valence-electron chi connectivity index (χ3n) is 4.22. The first-order valence-corrected chi connectivity index (χ1v) is 8.44. The smallest absolute Gasteiger partial charge is 0.237 e. The van der Waals surface area contributed by atoms with Crippen molar-refractivity contribution in [2.24, 2.45) is 0 Å². The molecule has 1 rings (SSSR count). The SMILES string of the molecule is CCCCCNC(=O)C(C)N1CCC(NCCC)CC1. The van der Waals surface area contributed by atoms with Crippen LogP contribution in [-0.2, 0) is 4.79 Å². The van der Waals surface area contributed by atoms with E-state index in [1.807, 2.05) is 6.92 Å². The number of carbonyl (C=O) groups is 1. The van der Waals surface area contributed by atoms with Crippen LogP contribution in [0.15, 0.2) is 0 Å². The zero-order chi connectivity index (χ0) is 14.8. The second kappa shape index (κ2) is 10.2. The molecule has 0 saturated carbocycles. The molecule has 4 nitrogen and oxygen atoms in total. The number of hydrogen-bond acceptors (Lipinski definition) is 3. The number of nitrogens with one attached hydrogen (secondary N) is 2. The molecule has 1 atom stereocenters. The maximum absolute atomic E-state index is 12.1. The molecule has 2 N–H and O–H groups in total. The van der Waals surface area contributed by atoms with Crippen molar-refractivity contribution in [1.82, 2.24) is 15.5 Å². The van der Waals surface area contributed by atoms with Crippen molar-refractivity contribution >= 4 is 5.91 Å². The van der Waals surface area contributed by atoms with Gasteiger partial charge in [-0.05, 0) is 39.2 Å². The molecule has 0 spiro atoms. The van der Waals surface area contributed by atoms with Crippen molar-refractivity contribution in [2.75, 3.05) is 26.2 Å². The summed E-state index contributed by atoms with van der Waals surface area (Å²) in [5.41, 5.74) is 0. The van der Waals surface area contributed by atoms with Gasteiger partial charge >= 0.3 is 0 Å². The van der Waals surface area contributed by atoms with E-state index in [1.165, 1.54) is 19.3 Å². The molecule has 20 heavy (non-hydrogen) atoms. The van der Waals surface area contributed by atoms with Crippen LogP contribution < -0.4 is 10.6 Å². The van der Waals surface area contributed by atoms with Crippen molar-refractivity contribution in [3.8, 4) is 0 Å². The minimum absolute atomic E-state index is 0.0174. The maximum Gasteiger partial charge on any atom is 0.237 e. The van der Waals surface area contributed by atoms with Gasteiger partial charge in [0.25, 0.3) is 0 Å². The van der Waals surface area contributed by atoms with Crippen LogP contribution in [0, 0.1) is 0 Å². The van der Waals surface area contributed by atoms with Crippen LogP contribution in [0.3, 0.4) is 0 Å². The number of piperidine rings is 1. The Bertz CT molecular complexity index is 262. The molecule has 0 radical (unpaired) electrons. The Labute approximate surface area is 124 Å². The maximum atomic E-state index is 12.1. The summed E-state index contributed by atoms with van der Waals surface area (Å²) in [5.74, 6) is 0.195. The van der Waals surface area contributed by atoms with Crippen molar-refractivity contribution in [3.05, 3.63) is 0 Å². The lowest BCUT2D eigenvalue weighted by atomic mass is 10.0. The highest BCUT2D eigenvalue weighted by Gasteiger charge is 2.25. The van der Waals surface area contributed by atoms with Crippen LogP contribution in [0.25, 0.3) is 0 Å². The van der Waals surface area contributed by atoms with E-state index in [-0.39, 0.29) is 11.9 Å². The van der Waals surface area contributed by atoms with E-state index in [4.69, 9.17) is 0 Å². The highest BCUT2D eigenvalue weighted by atomic mass is 16.2. The summed E-state index contributed by atoms with van der Waals surface area (Å²) >= 11 is 0. The predicted octanol–water partition coefficient (Wildman–Crippen LogP) is 2.15. The topological polar surface area (TPSA) is 44.4 Å².